The van der Waals surface area contributed by atoms with Crippen LogP contribution in [0.5, 0.6) is 0 Å². The van der Waals surface area contributed by atoms with E-state index >= 15 is 0 Å². The van der Waals surface area contributed by atoms with Gasteiger partial charge in [-0.3, -0.25) is 0 Å². The summed E-state index contributed by atoms with van der Waals surface area (Å²) in [6.07, 6.45) is 6.14. The minimum Gasteiger partial charge on any atom is -0.380 e. The minimum atomic E-state index is -1.41. The molecule has 248 valence electrons. The first-order chi connectivity index (χ1) is 24.9. The third kappa shape index (κ3) is 5.43. The molecule has 7 aromatic rings. The quantitative estimate of drug-likeness (QED) is 0.177. The summed E-state index contributed by atoms with van der Waals surface area (Å²) in [4.78, 5) is 4.68. The van der Waals surface area contributed by atoms with E-state index in [1.54, 1.807) is 22.7 Å². The molecule has 2 heterocycles. The topological polar surface area (TPSA) is 40.5 Å². The summed E-state index contributed by atoms with van der Waals surface area (Å²) in [5.41, 5.74) is 4.69. The maximum Gasteiger partial charge on any atom is 0.122 e. The van der Waals surface area contributed by atoms with Crippen molar-refractivity contribution >= 4 is 38.6 Å². The van der Waals surface area contributed by atoms with Crippen molar-refractivity contribution in [2.75, 3.05) is 0 Å². The van der Waals surface area contributed by atoms with Crippen LogP contribution < -0.4 is 0 Å². The van der Waals surface area contributed by atoms with Crippen LogP contribution in [0.3, 0.4) is 0 Å². The van der Waals surface area contributed by atoms with Crippen LogP contribution in [0.4, 0.5) is 0 Å². The molecule has 0 bridgehead atoms. The van der Waals surface area contributed by atoms with Crippen LogP contribution in [-0.2, 0) is 11.2 Å². The zero-order chi connectivity index (χ0) is 34.6. The minimum absolute atomic E-state index is 0.452. The summed E-state index contributed by atoms with van der Waals surface area (Å²) in [6.45, 7) is 0. The monoisotopic (exact) mass is 760 g/mol. The smallest absolute Gasteiger partial charge is 0.122 e. The summed E-state index contributed by atoms with van der Waals surface area (Å²) >= 11 is 7.23. The van der Waals surface area contributed by atoms with E-state index in [0.29, 0.717) is 11.1 Å². The Morgan fingerprint density at radius 2 is 0.863 bits per heavy atom. The Balaban J connectivity index is 1.16. The SMILES string of the molecule is OC1(c2cccc(-c3ccc(-c4ccccc4)s3)c2)c2ccccc2C(O)(c2cccc(-c3ccc(-c4ccccc4)s3)c2)C2C=C(Br)C=CC21. The van der Waals surface area contributed by atoms with Gasteiger partial charge in [0, 0.05) is 35.8 Å². The number of aliphatic hydroxyl groups is 2. The van der Waals surface area contributed by atoms with Crippen molar-refractivity contribution < 1.29 is 10.2 Å². The second kappa shape index (κ2) is 12.9. The number of rotatable bonds is 6. The summed E-state index contributed by atoms with van der Waals surface area (Å²) in [5, 5.41) is 26.5. The largest absolute Gasteiger partial charge is 0.380 e. The van der Waals surface area contributed by atoms with Gasteiger partial charge in [-0.1, -0.05) is 155 Å². The van der Waals surface area contributed by atoms with Gasteiger partial charge in [0.2, 0.25) is 0 Å². The molecule has 9 rings (SSSR count). The van der Waals surface area contributed by atoms with Gasteiger partial charge in [-0.2, -0.15) is 0 Å². The van der Waals surface area contributed by atoms with Gasteiger partial charge in [0.25, 0.3) is 0 Å². The van der Waals surface area contributed by atoms with Gasteiger partial charge in [-0.25, -0.2) is 0 Å². The van der Waals surface area contributed by atoms with Crippen LogP contribution in [0, 0.1) is 11.8 Å². The molecule has 0 spiro atoms. The van der Waals surface area contributed by atoms with Crippen LogP contribution in [0.25, 0.3) is 41.8 Å². The highest BCUT2D eigenvalue weighted by Gasteiger charge is 2.58. The average Bonchev–Trinajstić information content (AvgIpc) is 3.90. The number of allylic oxidation sites excluding steroid dienone is 2. The highest BCUT2D eigenvalue weighted by molar-refractivity contribution is 9.11. The van der Waals surface area contributed by atoms with Crippen LogP contribution in [0.1, 0.15) is 22.3 Å². The van der Waals surface area contributed by atoms with Crippen LogP contribution in [0.15, 0.2) is 180 Å². The van der Waals surface area contributed by atoms with E-state index in [-0.39, 0.29) is 0 Å². The molecule has 0 saturated heterocycles. The third-order valence-electron chi connectivity index (χ3n) is 10.4. The first-order valence-corrected chi connectivity index (χ1v) is 19.5. The molecule has 2 aliphatic carbocycles. The molecule has 0 amide bonds. The van der Waals surface area contributed by atoms with Crippen molar-refractivity contribution in [1.29, 1.82) is 0 Å². The predicted octanol–water partition coefficient (Wildman–Crippen LogP) is 12.0. The van der Waals surface area contributed by atoms with Gasteiger partial charge in [0.05, 0.1) is 0 Å². The Hall–Kier alpha value is -4.62. The van der Waals surface area contributed by atoms with E-state index < -0.39 is 23.0 Å². The molecule has 2 aromatic heterocycles. The number of benzene rings is 5. The van der Waals surface area contributed by atoms with Crippen LogP contribution in [0.2, 0.25) is 0 Å². The van der Waals surface area contributed by atoms with Crippen molar-refractivity contribution in [2.45, 2.75) is 11.2 Å². The lowest BCUT2D eigenvalue weighted by Gasteiger charge is -2.53. The molecule has 0 radical (unpaired) electrons. The first-order valence-electron chi connectivity index (χ1n) is 17.1. The lowest BCUT2D eigenvalue weighted by Crippen LogP contribution is -2.54. The van der Waals surface area contributed by atoms with Crippen molar-refractivity contribution in [2.24, 2.45) is 11.8 Å². The summed E-state index contributed by atoms with van der Waals surface area (Å²) < 4.78 is 0.881. The predicted molar refractivity (Wildman–Crippen MR) is 216 cm³/mol. The van der Waals surface area contributed by atoms with Crippen LogP contribution in [-0.4, -0.2) is 10.2 Å². The Morgan fingerprint density at radius 1 is 0.451 bits per heavy atom. The Kier molecular flexibility index (Phi) is 8.14. The van der Waals surface area contributed by atoms with Gasteiger partial charge >= 0.3 is 0 Å². The lowest BCUT2D eigenvalue weighted by molar-refractivity contribution is -0.0716. The lowest BCUT2D eigenvalue weighted by atomic mass is 9.55. The fraction of sp³-hybridized carbons (Fsp3) is 0.0870. The van der Waals surface area contributed by atoms with Gasteiger partial charge in [0.15, 0.2) is 0 Å². The molecule has 5 heteroatoms. The molecule has 0 saturated carbocycles. The van der Waals surface area contributed by atoms with Crippen molar-refractivity contribution in [3.8, 4) is 41.8 Å². The highest BCUT2D eigenvalue weighted by atomic mass is 79.9. The van der Waals surface area contributed by atoms with E-state index in [1.807, 2.05) is 66.7 Å². The van der Waals surface area contributed by atoms with Crippen molar-refractivity contribution in [1.82, 2.24) is 0 Å². The molecule has 2 nitrogen and oxygen atoms in total. The molecule has 5 aromatic carbocycles. The summed E-state index contributed by atoms with van der Waals surface area (Å²) in [6, 6.07) is 54.0. The number of hydrogen-bond acceptors (Lipinski definition) is 4. The Morgan fingerprint density at radius 3 is 1.35 bits per heavy atom. The van der Waals surface area contributed by atoms with E-state index in [2.05, 4.69) is 125 Å². The zero-order valence-corrected chi connectivity index (χ0v) is 30.7. The highest BCUT2D eigenvalue weighted by Crippen LogP contribution is 2.58. The summed E-state index contributed by atoms with van der Waals surface area (Å²) in [5.74, 6) is -0.919. The maximum atomic E-state index is 13.3. The standard InChI is InChI=1S/C46H33BrO2S2/c47-36-21-22-39-40(29-36)46(49,35-18-10-16-33(28-35)44-26-24-42(51-44)31-13-5-2-6-14-31)38-20-8-7-19-37(38)45(39,48)34-17-9-15-32(27-34)43-25-23-41(50-43)30-11-3-1-4-12-30/h1-29,39-40,48-49H. The number of fused-ring (bicyclic) bond motifs is 2. The van der Waals surface area contributed by atoms with E-state index in [0.717, 1.165) is 36.5 Å². The molecule has 51 heavy (non-hydrogen) atoms. The molecule has 2 aliphatic rings. The van der Waals surface area contributed by atoms with E-state index in [4.69, 9.17) is 0 Å². The molecular weight excluding hydrogens is 729 g/mol. The number of halogens is 1. The van der Waals surface area contributed by atoms with E-state index in [1.165, 1.54) is 20.9 Å². The molecule has 4 atom stereocenters. The molecule has 2 N–H and O–H groups in total. The fourth-order valence-electron chi connectivity index (χ4n) is 7.95. The number of hydrogen-bond donors (Lipinski definition) is 2. The second-order valence-corrected chi connectivity index (χ2v) is 16.3. The first kappa shape index (κ1) is 32.3. The molecule has 4 unspecified atom stereocenters. The van der Waals surface area contributed by atoms with Gasteiger partial charge in [-0.05, 0) is 80.9 Å². The van der Waals surface area contributed by atoms with Gasteiger partial charge < -0.3 is 10.2 Å². The molecule has 0 fully saturated rings. The normalized spacial score (nSPS) is 22.2. The van der Waals surface area contributed by atoms with E-state index in [9.17, 15) is 10.2 Å². The van der Waals surface area contributed by atoms with Crippen molar-refractivity contribution in [3.63, 3.8) is 0 Å². The Labute approximate surface area is 314 Å². The zero-order valence-electron chi connectivity index (χ0n) is 27.5. The Bertz CT molecular complexity index is 2440. The van der Waals surface area contributed by atoms with Crippen LogP contribution >= 0.6 is 38.6 Å². The second-order valence-electron chi connectivity index (χ2n) is 13.3. The van der Waals surface area contributed by atoms with Crippen molar-refractivity contribution in [3.05, 3.63) is 203 Å². The molecular formula is C46H33BrO2S2. The third-order valence-corrected chi connectivity index (χ3v) is 13.3. The van der Waals surface area contributed by atoms with Gasteiger partial charge in [0.1, 0.15) is 11.2 Å². The number of thiophene rings is 2. The summed E-state index contributed by atoms with van der Waals surface area (Å²) in [7, 11) is 0. The fourth-order valence-corrected chi connectivity index (χ4v) is 10.4. The maximum absolute atomic E-state index is 13.3. The average molecular weight is 762 g/mol. The van der Waals surface area contributed by atoms with Gasteiger partial charge in [-0.15, -0.1) is 22.7 Å². The molecule has 0 aliphatic heterocycles.